The fraction of sp³-hybridized carbons (Fsp3) is 0.444. The van der Waals surface area contributed by atoms with Crippen molar-refractivity contribution in [3.05, 3.63) is 36.3 Å². The lowest BCUT2D eigenvalue weighted by atomic mass is 9.95. The van der Waals surface area contributed by atoms with Gasteiger partial charge in [-0.3, -0.25) is 19.6 Å². The van der Waals surface area contributed by atoms with E-state index in [1.807, 2.05) is 12.1 Å². The second kappa shape index (κ2) is 7.76. The molecule has 3 atom stereocenters. The van der Waals surface area contributed by atoms with Crippen molar-refractivity contribution in [1.82, 2.24) is 14.9 Å². The van der Waals surface area contributed by atoms with E-state index in [1.165, 1.54) is 0 Å². The number of fused-ring (bicyclic) bond motifs is 1. The fourth-order valence-corrected chi connectivity index (χ4v) is 3.32. The SMILES string of the molecule is N[C@H](CCC(=O)N1C[C@H](Cc2ccnc3ccncc23)[C@H](O)C1)C(=O)O. The molecule has 2 aromatic heterocycles. The van der Waals surface area contributed by atoms with Gasteiger partial charge in [-0.1, -0.05) is 0 Å². The first-order valence-corrected chi connectivity index (χ1v) is 8.57. The van der Waals surface area contributed by atoms with Crippen molar-refractivity contribution in [1.29, 1.82) is 0 Å². The molecule has 26 heavy (non-hydrogen) atoms. The topological polar surface area (TPSA) is 130 Å². The van der Waals surface area contributed by atoms with E-state index in [4.69, 9.17) is 10.8 Å². The molecule has 1 aliphatic rings. The van der Waals surface area contributed by atoms with Gasteiger partial charge in [0, 0.05) is 49.4 Å². The monoisotopic (exact) mass is 358 g/mol. The lowest BCUT2D eigenvalue weighted by molar-refractivity contribution is -0.139. The zero-order chi connectivity index (χ0) is 18.7. The van der Waals surface area contributed by atoms with E-state index < -0.39 is 18.1 Å². The number of β-amino-alcohol motifs (C(OH)–C–C–N with tert-alkyl or cyclic N) is 1. The normalized spacial score (nSPS) is 21.1. The number of amides is 1. The van der Waals surface area contributed by atoms with Crippen LogP contribution in [0.4, 0.5) is 0 Å². The third-order valence-electron chi connectivity index (χ3n) is 4.86. The molecule has 138 valence electrons. The number of carboxylic acid groups (broad SMARTS) is 1. The van der Waals surface area contributed by atoms with Crippen LogP contribution in [0.1, 0.15) is 18.4 Å². The molecule has 4 N–H and O–H groups in total. The predicted molar refractivity (Wildman–Crippen MR) is 94.2 cm³/mol. The van der Waals surface area contributed by atoms with Crippen molar-refractivity contribution < 1.29 is 19.8 Å². The highest BCUT2D eigenvalue weighted by Crippen LogP contribution is 2.25. The molecule has 0 spiro atoms. The van der Waals surface area contributed by atoms with Crippen LogP contribution in [0.25, 0.3) is 10.9 Å². The first kappa shape index (κ1) is 18.2. The van der Waals surface area contributed by atoms with Gasteiger partial charge in [-0.25, -0.2) is 0 Å². The molecule has 0 bridgehead atoms. The number of aliphatic hydroxyl groups excluding tert-OH is 1. The summed E-state index contributed by atoms with van der Waals surface area (Å²) in [4.78, 5) is 33.1. The Morgan fingerprint density at radius 1 is 1.31 bits per heavy atom. The summed E-state index contributed by atoms with van der Waals surface area (Å²) >= 11 is 0. The number of nitrogens with two attached hydrogens (primary N) is 1. The average molecular weight is 358 g/mol. The molecule has 1 aliphatic heterocycles. The van der Waals surface area contributed by atoms with Crippen LogP contribution in [-0.2, 0) is 16.0 Å². The molecule has 0 saturated carbocycles. The Morgan fingerprint density at radius 3 is 2.88 bits per heavy atom. The number of carbonyl (C=O) groups is 2. The molecule has 0 aliphatic carbocycles. The van der Waals surface area contributed by atoms with Gasteiger partial charge in [-0.2, -0.15) is 0 Å². The van der Waals surface area contributed by atoms with Gasteiger partial charge in [-0.05, 0) is 30.5 Å². The molecule has 3 heterocycles. The lowest BCUT2D eigenvalue weighted by Crippen LogP contribution is -2.34. The highest BCUT2D eigenvalue weighted by molar-refractivity contribution is 5.81. The van der Waals surface area contributed by atoms with Crippen LogP contribution in [0.5, 0.6) is 0 Å². The number of carbonyl (C=O) groups excluding carboxylic acids is 1. The van der Waals surface area contributed by atoms with Crippen LogP contribution in [0.3, 0.4) is 0 Å². The van der Waals surface area contributed by atoms with Crippen LogP contribution < -0.4 is 5.73 Å². The van der Waals surface area contributed by atoms with Crippen molar-refractivity contribution in [2.75, 3.05) is 13.1 Å². The van der Waals surface area contributed by atoms with E-state index in [1.54, 1.807) is 23.5 Å². The van der Waals surface area contributed by atoms with Crippen LogP contribution in [0.15, 0.2) is 30.7 Å². The quantitative estimate of drug-likeness (QED) is 0.672. The minimum atomic E-state index is -1.12. The van der Waals surface area contributed by atoms with Gasteiger partial charge in [0.1, 0.15) is 6.04 Å². The van der Waals surface area contributed by atoms with Crippen LogP contribution in [-0.4, -0.2) is 62.2 Å². The summed E-state index contributed by atoms with van der Waals surface area (Å²) in [5.74, 6) is -1.38. The highest BCUT2D eigenvalue weighted by atomic mass is 16.4. The number of aliphatic carboxylic acids is 1. The predicted octanol–water partition coefficient (Wildman–Crippen LogP) is 0.184. The summed E-state index contributed by atoms with van der Waals surface area (Å²) in [7, 11) is 0. The van der Waals surface area contributed by atoms with Gasteiger partial charge in [0.15, 0.2) is 0 Å². The van der Waals surface area contributed by atoms with Crippen molar-refractivity contribution in [2.45, 2.75) is 31.4 Å². The van der Waals surface area contributed by atoms with Gasteiger partial charge < -0.3 is 20.8 Å². The number of hydrogen-bond acceptors (Lipinski definition) is 6. The van der Waals surface area contributed by atoms with Crippen molar-refractivity contribution in [3.63, 3.8) is 0 Å². The average Bonchev–Trinajstić information content (AvgIpc) is 3.00. The maximum atomic E-state index is 12.3. The largest absolute Gasteiger partial charge is 0.480 e. The van der Waals surface area contributed by atoms with Crippen molar-refractivity contribution in [2.24, 2.45) is 11.7 Å². The third-order valence-corrected chi connectivity index (χ3v) is 4.86. The first-order valence-electron chi connectivity index (χ1n) is 8.57. The Morgan fingerprint density at radius 2 is 2.12 bits per heavy atom. The van der Waals surface area contributed by atoms with E-state index in [2.05, 4.69) is 9.97 Å². The number of aromatic nitrogens is 2. The molecule has 1 fully saturated rings. The zero-order valence-corrected chi connectivity index (χ0v) is 14.3. The zero-order valence-electron chi connectivity index (χ0n) is 14.3. The first-order chi connectivity index (χ1) is 12.5. The fourth-order valence-electron chi connectivity index (χ4n) is 3.32. The van der Waals surface area contributed by atoms with Crippen molar-refractivity contribution in [3.8, 4) is 0 Å². The highest BCUT2D eigenvalue weighted by Gasteiger charge is 2.34. The maximum Gasteiger partial charge on any atom is 0.320 e. The standard InChI is InChI=1S/C18H22N4O4/c19-14(18(25)26)1-2-17(24)22-9-12(16(23)10-22)7-11-3-6-21-15-4-5-20-8-13(11)15/h3-6,8,12,14,16,23H,1-2,7,9-10,19H2,(H,25,26)/t12-,14+,16+/m0/s1. The van der Waals surface area contributed by atoms with E-state index >= 15 is 0 Å². The van der Waals surface area contributed by atoms with E-state index in [0.29, 0.717) is 13.0 Å². The number of carboxylic acids is 1. The maximum absolute atomic E-state index is 12.3. The summed E-state index contributed by atoms with van der Waals surface area (Å²) in [5, 5.41) is 20.1. The molecular formula is C18H22N4O4. The molecule has 0 radical (unpaired) electrons. The van der Waals surface area contributed by atoms with Gasteiger partial charge in [0.05, 0.1) is 11.6 Å². The smallest absolute Gasteiger partial charge is 0.320 e. The Labute approximate surface area is 150 Å². The summed E-state index contributed by atoms with van der Waals surface area (Å²) in [6.45, 7) is 0.694. The van der Waals surface area contributed by atoms with E-state index in [-0.39, 0.29) is 31.2 Å². The van der Waals surface area contributed by atoms with Crippen LogP contribution in [0, 0.1) is 5.92 Å². The van der Waals surface area contributed by atoms with Gasteiger partial charge in [0.2, 0.25) is 5.91 Å². The molecule has 0 aromatic carbocycles. The lowest BCUT2D eigenvalue weighted by Gasteiger charge is -2.17. The number of likely N-dealkylation sites (tertiary alicyclic amines) is 1. The minimum Gasteiger partial charge on any atom is -0.480 e. The second-order valence-electron chi connectivity index (χ2n) is 6.68. The van der Waals surface area contributed by atoms with Crippen molar-refractivity contribution >= 4 is 22.8 Å². The molecule has 8 nitrogen and oxygen atoms in total. The van der Waals surface area contributed by atoms with Gasteiger partial charge in [0.25, 0.3) is 0 Å². The summed E-state index contributed by atoms with van der Waals surface area (Å²) < 4.78 is 0. The van der Waals surface area contributed by atoms with E-state index in [9.17, 15) is 14.7 Å². The van der Waals surface area contributed by atoms with Gasteiger partial charge in [-0.15, -0.1) is 0 Å². The molecular weight excluding hydrogens is 336 g/mol. The molecule has 1 amide bonds. The summed E-state index contributed by atoms with van der Waals surface area (Å²) in [6, 6.07) is 2.70. The number of hydrogen-bond donors (Lipinski definition) is 3. The molecule has 0 unspecified atom stereocenters. The molecule has 1 saturated heterocycles. The second-order valence-corrected chi connectivity index (χ2v) is 6.68. The van der Waals surface area contributed by atoms with E-state index in [0.717, 1.165) is 16.5 Å². The number of nitrogens with zero attached hydrogens (tertiary/aromatic N) is 3. The molecule has 8 heteroatoms. The number of aliphatic hydroxyl groups is 1. The van der Waals surface area contributed by atoms with Gasteiger partial charge >= 0.3 is 5.97 Å². The summed E-state index contributed by atoms with van der Waals surface area (Å²) in [5.41, 5.74) is 7.33. The molecule has 2 aromatic rings. The Bertz CT molecular complexity index is 807. The summed E-state index contributed by atoms with van der Waals surface area (Å²) in [6.07, 6.45) is 5.33. The Kier molecular flexibility index (Phi) is 5.43. The minimum absolute atomic E-state index is 0.0645. The third kappa shape index (κ3) is 3.97. The van der Waals surface area contributed by atoms with Crippen LogP contribution >= 0.6 is 0 Å². The number of rotatable bonds is 6. The van der Waals surface area contributed by atoms with Crippen LogP contribution in [0.2, 0.25) is 0 Å². The number of pyridine rings is 2. The Hall–Kier alpha value is -2.58. The Balaban J connectivity index is 1.63. The molecule has 3 rings (SSSR count).